The summed E-state index contributed by atoms with van der Waals surface area (Å²) in [6, 6.07) is 3.86. The molecule has 0 bridgehead atoms. The summed E-state index contributed by atoms with van der Waals surface area (Å²) in [7, 11) is -3.50. The molecule has 0 radical (unpaired) electrons. The fourth-order valence-corrected chi connectivity index (χ4v) is 5.04. The molecule has 2 aromatic rings. The van der Waals surface area contributed by atoms with Crippen molar-refractivity contribution in [2.24, 2.45) is 0 Å². The van der Waals surface area contributed by atoms with Crippen molar-refractivity contribution in [3.63, 3.8) is 0 Å². The van der Waals surface area contributed by atoms with Gasteiger partial charge in [-0.15, -0.1) is 0 Å². The molecule has 0 spiro atoms. The number of amides is 1. The molecule has 146 valence electrons. The highest BCUT2D eigenvalue weighted by Crippen LogP contribution is 2.16. The second-order valence-electron chi connectivity index (χ2n) is 6.76. The third kappa shape index (κ3) is 3.45. The summed E-state index contributed by atoms with van der Waals surface area (Å²) in [6.45, 7) is 4.84. The molecule has 2 saturated heterocycles. The van der Waals surface area contributed by atoms with Crippen LogP contribution < -0.4 is 0 Å². The number of carbonyl (C=O) groups is 1. The van der Waals surface area contributed by atoms with Crippen LogP contribution in [0.25, 0.3) is 5.65 Å². The molecular weight excluding hydrogens is 370 g/mol. The SMILES string of the molecule is Cc1cccn2cc(C(=O)N3CCN(S(=O)(=O)N4CCOCC4)CC3)nc12. The van der Waals surface area contributed by atoms with Crippen molar-refractivity contribution >= 4 is 21.8 Å². The summed E-state index contributed by atoms with van der Waals surface area (Å²) in [5.74, 6) is -0.165. The number of hydrogen-bond acceptors (Lipinski definition) is 5. The zero-order valence-corrected chi connectivity index (χ0v) is 16.1. The van der Waals surface area contributed by atoms with E-state index in [9.17, 15) is 13.2 Å². The van der Waals surface area contributed by atoms with Crippen molar-refractivity contribution in [2.45, 2.75) is 6.92 Å². The number of rotatable bonds is 3. The second kappa shape index (κ2) is 7.19. The first-order chi connectivity index (χ1) is 13.0. The first-order valence-electron chi connectivity index (χ1n) is 9.03. The van der Waals surface area contributed by atoms with E-state index in [2.05, 4.69) is 4.98 Å². The quantitative estimate of drug-likeness (QED) is 0.731. The van der Waals surface area contributed by atoms with Gasteiger partial charge < -0.3 is 14.0 Å². The molecule has 10 heteroatoms. The van der Waals surface area contributed by atoms with Crippen LogP contribution in [0.1, 0.15) is 16.1 Å². The van der Waals surface area contributed by atoms with E-state index >= 15 is 0 Å². The summed E-state index contributed by atoms with van der Waals surface area (Å²) in [6.07, 6.45) is 3.58. The largest absolute Gasteiger partial charge is 0.379 e. The number of pyridine rings is 1. The first-order valence-corrected chi connectivity index (χ1v) is 10.4. The average molecular weight is 393 g/mol. The van der Waals surface area contributed by atoms with E-state index in [1.807, 2.05) is 29.7 Å². The van der Waals surface area contributed by atoms with Crippen LogP contribution in [0.2, 0.25) is 0 Å². The van der Waals surface area contributed by atoms with Gasteiger partial charge >= 0.3 is 0 Å². The Morgan fingerprint density at radius 2 is 1.74 bits per heavy atom. The number of morpholine rings is 1. The minimum absolute atomic E-state index is 0.165. The molecule has 9 nitrogen and oxygen atoms in total. The zero-order chi connectivity index (χ0) is 19.0. The average Bonchev–Trinajstić information content (AvgIpc) is 3.14. The van der Waals surface area contributed by atoms with E-state index in [4.69, 9.17) is 4.74 Å². The van der Waals surface area contributed by atoms with Gasteiger partial charge in [0.05, 0.1) is 13.2 Å². The van der Waals surface area contributed by atoms with E-state index in [1.54, 1.807) is 11.1 Å². The Bertz CT molecular complexity index is 943. The van der Waals surface area contributed by atoms with E-state index in [1.165, 1.54) is 8.61 Å². The van der Waals surface area contributed by atoms with Crippen LogP contribution >= 0.6 is 0 Å². The van der Waals surface area contributed by atoms with Gasteiger partial charge in [-0.25, -0.2) is 4.98 Å². The lowest BCUT2D eigenvalue weighted by Crippen LogP contribution is -2.55. The Hall–Kier alpha value is -2.01. The minimum Gasteiger partial charge on any atom is -0.379 e. The predicted molar refractivity (Wildman–Crippen MR) is 98.7 cm³/mol. The predicted octanol–water partition coefficient (Wildman–Crippen LogP) is -0.0225. The van der Waals surface area contributed by atoms with Crippen molar-refractivity contribution in [3.05, 3.63) is 35.8 Å². The van der Waals surface area contributed by atoms with Crippen LogP contribution in [0.15, 0.2) is 24.5 Å². The normalized spacial score (nSPS) is 20.3. The van der Waals surface area contributed by atoms with Gasteiger partial charge in [0.1, 0.15) is 11.3 Å². The molecule has 4 rings (SSSR count). The van der Waals surface area contributed by atoms with Gasteiger partial charge in [-0.2, -0.15) is 17.0 Å². The van der Waals surface area contributed by atoms with E-state index in [0.717, 1.165) is 11.2 Å². The Kier molecular flexibility index (Phi) is 4.89. The van der Waals surface area contributed by atoms with Gasteiger partial charge in [0.2, 0.25) is 0 Å². The topological polar surface area (TPSA) is 87.5 Å². The second-order valence-corrected chi connectivity index (χ2v) is 8.69. The molecule has 2 aromatic heterocycles. The number of aryl methyl sites for hydroxylation is 1. The minimum atomic E-state index is -3.50. The van der Waals surface area contributed by atoms with Gasteiger partial charge in [0, 0.05) is 51.7 Å². The van der Waals surface area contributed by atoms with E-state index in [-0.39, 0.29) is 19.0 Å². The van der Waals surface area contributed by atoms with E-state index in [0.29, 0.717) is 45.1 Å². The fourth-order valence-electron chi connectivity index (χ4n) is 3.48. The first kappa shape index (κ1) is 18.4. The molecular formula is C17H23N5O4S. The zero-order valence-electron chi connectivity index (χ0n) is 15.2. The summed E-state index contributed by atoms with van der Waals surface area (Å²) >= 11 is 0. The number of hydrogen-bond donors (Lipinski definition) is 0. The molecule has 0 N–H and O–H groups in total. The molecule has 2 aliphatic heterocycles. The fraction of sp³-hybridized carbons (Fsp3) is 0.529. The third-order valence-electron chi connectivity index (χ3n) is 5.05. The van der Waals surface area contributed by atoms with Gasteiger partial charge in [-0.05, 0) is 18.6 Å². The van der Waals surface area contributed by atoms with Crippen LogP contribution in [0, 0.1) is 6.92 Å². The Morgan fingerprint density at radius 1 is 1.07 bits per heavy atom. The Labute approximate surface area is 158 Å². The molecule has 27 heavy (non-hydrogen) atoms. The van der Waals surface area contributed by atoms with Gasteiger partial charge in [0.25, 0.3) is 16.1 Å². The lowest BCUT2D eigenvalue weighted by molar-refractivity contribution is 0.0634. The number of piperazine rings is 1. The van der Waals surface area contributed by atoms with Crippen molar-refractivity contribution in [1.29, 1.82) is 0 Å². The molecule has 2 aliphatic rings. The van der Waals surface area contributed by atoms with Crippen LogP contribution in [-0.4, -0.2) is 89.7 Å². The molecule has 0 aliphatic carbocycles. The lowest BCUT2D eigenvalue weighted by Gasteiger charge is -2.37. The summed E-state index contributed by atoms with van der Waals surface area (Å²) in [4.78, 5) is 18.9. The van der Waals surface area contributed by atoms with Crippen LogP contribution in [0.4, 0.5) is 0 Å². The van der Waals surface area contributed by atoms with Crippen LogP contribution in [0.5, 0.6) is 0 Å². The molecule has 0 saturated carbocycles. The van der Waals surface area contributed by atoms with Crippen LogP contribution in [-0.2, 0) is 14.9 Å². The molecule has 0 unspecified atom stereocenters. The standard InChI is InChI=1S/C17H23N5O4S/c1-14-3-2-4-20-13-15(18-16(14)20)17(23)19-5-7-21(8-6-19)27(24,25)22-9-11-26-12-10-22/h2-4,13H,5-12H2,1H3. The van der Waals surface area contributed by atoms with Crippen molar-refractivity contribution in [2.75, 3.05) is 52.5 Å². The summed E-state index contributed by atoms with van der Waals surface area (Å²) in [5, 5.41) is 0. The maximum atomic E-state index is 12.8. The number of imidazole rings is 1. The van der Waals surface area contributed by atoms with Gasteiger partial charge in [-0.3, -0.25) is 4.79 Å². The molecule has 4 heterocycles. The summed E-state index contributed by atoms with van der Waals surface area (Å²) < 4.78 is 35.4. The Balaban J connectivity index is 1.43. The third-order valence-corrected chi connectivity index (χ3v) is 7.08. The molecule has 0 aromatic carbocycles. The maximum absolute atomic E-state index is 12.8. The Morgan fingerprint density at radius 3 is 2.41 bits per heavy atom. The maximum Gasteiger partial charge on any atom is 0.282 e. The van der Waals surface area contributed by atoms with Crippen molar-refractivity contribution < 1.29 is 17.9 Å². The van der Waals surface area contributed by atoms with Crippen molar-refractivity contribution in [1.82, 2.24) is 22.9 Å². The smallest absolute Gasteiger partial charge is 0.282 e. The number of carbonyl (C=O) groups excluding carboxylic acids is 1. The summed E-state index contributed by atoms with van der Waals surface area (Å²) in [5.41, 5.74) is 2.14. The number of ether oxygens (including phenoxy) is 1. The number of nitrogens with zero attached hydrogens (tertiary/aromatic N) is 5. The monoisotopic (exact) mass is 393 g/mol. The molecule has 1 amide bonds. The van der Waals surface area contributed by atoms with E-state index < -0.39 is 10.2 Å². The number of fused-ring (bicyclic) bond motifs is 1. The van der Waals surface area contributed by atoms with Gasteiger partial charge in [0.15, 0.2) is 0 Å². The van der Waals surface area contributed by atoms with Crippen molar-refractivity contribution in [3.8, 4) is 0 Å². The highest BCUT2D eigenvalue weighted by Gasteiger charge is 2.34. The highest BCUT2D eigenvalue weighted by molar-refractivity contribution is 7.86. The molecule has 0 atom stereocenters. The highest BCUT2D eigenvalue weighted by atomic mass is 32.2. The van der Waals surface area contributed by atoms with Crippen LogP contribution in [0.3, 0.4) is 0 Å². The molecule has 2 fully saturated rings. The van der Waals surface area contributed by atoms with Gasteiger partial charge in [-0.1, -0.05) is 6.07 Å². The number of aromatic nitrogens is 2. The lowest BCUT2D eigenvalue weighted by atomic mass is 10.3.